The summed E-state index contributed by atoms with van der Waals surface area (Å²) in [7, 11) is 0. The average molecular weight is 304 g/mol. The Kier molecular flexibility index (Phi) is 4.00. The van der Waals surface area contributed by atoms with E-state index < -0.39 is 5.95 Å². The van der Waals surface area contributed by atoms with E-state index in [0.717, 1.165) is 30.8 Å². The molecule has 0 aliphatic carbocycles. The molecule has 0 radical (unpaired) electrons. The first-order valence-electron chi connectivity index (χ1n) is 7.75. The molecule has 0 bridgehead atoms. The lowest BCUT2D eigenvalue weighted by Gasteiger charge is -2.11. The van der Waals surface area contributed by atoms with Crippen LogP contribution >= 0.6 is 0 Å². The number of ether oxygens (including phenoxy) is 1. The van der Waals surface area contributed by atoms with Crippen molar-refractivity contribution in [2.24, 2.45) is 0 Å². The van der Waals surface area contributed by atoms with Gasteiger partial charge in [0.15, 0.2) is 0 Å². The monoisotopic (exact) mass is 304 g/mol. The van der Waals surface area contributed by atoms with Gasteiger partial charge < -0.3 is 10.1 Å². The van der Waals surface area contributed by atoms with E-state index in [1.807, 2.05) is 18.5 Å². The van der Waals surface area contributed by atoms with Gasteiger partial charge in [0.2, 0.25) is 11.8 Å². The molecule has 22 heavy (non-hydrogen) atoms. The van der Waals surface area contributed by atoms with Crippen LogP contribution in [0.5, 0.6) is 5.88 Å². The van der Waals surface area contributed by atoms with Crippen LogP contribution in [-0.2, 0) is 6.54 Å². The number of nitrogens with one attached hydrogen (secondary N) is 1. The maximum Gasteiger partial charge on any atom is 0.224 e. The van der Waals surface area contributed by atoms with Gasteiger partial charge in [-0.05, 0) is 45.7 Å². The van der Waals surface area contributed by atoms with Crippen LogP contribution in [0.3, 0.4) is 0 Å². The molecule has 0 saturated heterocycles. The molecule has 1 atom stereocenters. The first-order chi connectivity index (χ1) is 10.6. The predicted octanol–water partition coefficient (Wildman–Crippen LogP) is 3.39. The summed E-state index contributed by atoms with van der Waals surface area (Å²) in [5.74, 6) is 0.769. The molecule has 6 heteroatoms. The molecular weight excluding hydrogens is 283 g/mol. The molecule has 0 aromatic carbocycles. The summed E-state index contributed by atoms with van der Waals surface area (Å²) in [5.41, 5.74) is 1.89. The number of halogens is 1. The minimum atomic E-state index is -0.511. The third-order valence-electron chi connectivity index (χ3n) is 3.89. The predicted molar refractivity (Wildman–Crippen MR) is 83.6 cm³/mol. The summed E-state index contributed by atoms with van der Waals surface area (Å²) >= 11 is 0. The Morgan fingerprint density at radius 1 is 1.45 bits per heavy atom. The maximum atomic E-state index is 14.3. The average Bonchev–Trinajstić information content (AvgIpc) is 2.67. The first kappa shape index (κ1) is 14.8. The third-order valence-corrected chi connectivity index (χ3v) is 3.89. The summed E-state index contributed by atoms with van der Waals surface area (Å²) in [4.78, 5) is 3.95. The molecule has 0 fully saturated rings. The minimum Gasteiger partial charge on any atom is -0.475 e. The van der Waals surface area contributed by atoms with Crippen LogP contribution in [0.4, 0.5) is 10.2 Å². The van der Waals surface area contributed by atoms with Gasteiger partial charge >= 0.3 is 0 Å². The lowest BCUT2D eigenvalue weighted by atomic mass is 10.1. The van der Waals surface area contributed by atoms with Gasteiger partial charge in [0.1, 0.15) is 11.5 Å². The molecule has 3 heterocycles. The van der Waals surface area contributed by atoms with Crippen LogP contribution in [0.25, 0.3) is 11.3 Å². The second-order valence-corrected chi connectivity index (χ2v) is 5.64. The maximum absolute atomic E-state index is 14.3. The molecule has 1 unspecified atom stereocenters. The number of rotatable bonds is 3. The number of nitrogens with zero attached hydrogens (tertiary/aromatic N) is 3. The Labute approximate surface area is 129 Å². The van der Waals surface area contributed by atoms with Gasteiger partial charge in [-0.25, -0.2) is 9.67 Å². The SMILES string of the molecule is CCNc1ccc(-c2nn3c(c2C)OC(C)CCC3)c(F)n1. The van der Waals surface area contributed by atoms with Crippen molar-refractivity contribution in [2.75, 3.05) is 11.9 Å². The van der Waals surface area contributed by atoms with Crippen molar-refractivity contribution in [1.29, 1.82) is 0 Å². The number of aryl methyl sites for hydroxylation is 1. The van der Waals surface area contributed by atoms with E-state index in [1.165, 1.54) is 0 Å². The Morgan fingerprint density at radius 2 is 2.27 bits per heavy atom. The number of hydrogen-bond acceptors (Lipinski definition) is 4. The zero-order valence-corrected chi connectivity index (χ0v) is 13.2. The zero-order valence-electron chi connectivity index (χ0n) is 13.2. The van der Waals surface area contributed by atoms with Crippen molar-refractivity contribution in [3.8, 4) is 17.1 Å². The van der Waals surface area contributed by atoms with Crippen LogP contribution < -0.4 is 10.1 Å². The summed E-state index contributed by atoms with van der Waals surface area (Å²) in [5, 5.41) is 7.55. The highest BCUT2D eigenvalue weighted by Crippen LogP contribution is 2.33. The second-order valence-electron chi connectivity index (χ2n) is 5.64. The summed E-state index contributed by atoms with van der Waals surface area (Å²) in [6, 6.07) is 3.49. The number of aromatic nitrogens is 3. The normalized spacial score (nSPS) is 17.5. The molecule has 3 rings (SSSR count). The van der Waals surface area contributed by atoms with E-state index in [9.17, 15) is 4.39 Å². The summed E-state index contributed by atoms with van der Waals surface area (Å²) in [6.07, 6.45) is 2.17. The Balaban J connectivity index is 2.01. The fraction of sp³-hybridized carbons (Fsp3) is 0.500. The van der Waals surface area contributed by atoms with Crippen molar-refractivity contribution in [3.05, 3.63) is 23.6 Å². The Bertz CT molecular complexity index is 683. The number of anilines is 1. The van der Waals surface area contributed by atoms with Crippen LogP contribution in [0.1, 0.15) is 32.3 Å². The molecule has 1 aliphatic rings. The Hall–Kier alpha value is -2.11. The van der Waals surface area contributed by atoms with Crippen LogP contribution in [-0.4, -0.2) is 27.4 Å². The smallest absolute Gasteiger partial charge is 0.224 e. The van der Waals surface area contributed by atoms with Crippen molar-refractivity contribution in [1.82, 2.24) is 14.8 Å². The molecule has 0 amide bonds. The minimum absolute atomic E-state index is 0.156. The first-order valence-corrected chi connectivity index (χ1v) is 7.75. The lowest BCUT2D eigenvalue weighted by molar-refractivity contribution is 0.207. The molecule has 0 spiro atoms. The number of pyridine rings is 1. The molecule has 1 N–H and O–H groups in total. The van der Waals surface area contributed by atoms with Crippen molar-refractivity contribution >= 4 is 5.82 Å². The lowest BCUT2D eigenvalue weighted by Crippen LogP contribution is -2.10. The highest BCUT2D eigenvalue weighted by Gasteiger charge is 2.23. The van der Waals surface area contributed by atoms with Crippen molar-refractivity contribution < 1.29 is 9.13 Å². The molecule has 0 saturated carbocycles. The fourth-order valence-corrected chi connectivity index (χ4v) is 2.76. The topological polar surface area (TPSA) is 52.0 Å². The van der Waals surface area contributed by atoms with Crippen molar-refractivity contribution in [3.63, 3.8) is 0 Å². The van der Waals surface area contributed by atoms with Gasteiger partial charge in [0.05, 0.1) is 11.7 Å². The molecule has 1 aliphatic heterocycles. The standard InChI is InChI=1S/C16H21FN4O/c1-4-18-13-8-7-12(15(17)19-13)14-11(3)16-21(20-14)9-5-6-10(2)22-16/h7-8,10H,4-6,9H2,1-3H3,(H,18,19). The van der Waals surface area contributed by atoms with E-state index in [2.05, 4.69) is 22.3 Å². The number of hydrogen-bond donors (Lipinski definition) is 1. The zero-order chi connectivity index (χ0) is 15.7. The van der Waals surface area contributed by atoms with E-state index in [-0.39, 0.29) is 6.10 Å². The Morgan fingerprint density at radius 3 is 3.00 bits per heavy atom. The molecule has 5 nitrogen and oxygen atoms in total. The highest BCUT2D eigenvalue weighted by molar-refractivity contribution is 5.66. The van der Waals surface area contributed by atoms with Gasteiger partial charge in [0, 0.05) is 18.7 Å². The van der Waals surface area contributed by atoms with Gasteiger partial charge in [-0.2, -0.15) is 9.49 Å². The molecule has 2 aromatic heterocycles. The van der Waals surface area contributed by atoms with E-state index in [0.29, 0.717) is 23.6 Å². The van der Waals surface area contributed by atoms with Crippen LogP contribution in [0.2, 0.25) is 0 Å². The van der Waals surface area contributed by atoms with Crippen LogP contribution in [0, 0.1) is 12.9 Å². The van der Waals surface area contributed by atoms with E-state index in [4.69, 9.17) is 4.74 Å². The number of fused-ring (bicyclic) bond motifs is 1. The van der Waals surface area contributed by atoms with Gasteiger partial charge in [0.25, 0.3) is 0 Å². The largest absolute Gasteiger partial charge is 0.475 e. The summed E-state index contributed by atoms with van der Waals surface area (Å²) < 4.78 is 22.1. The molecular formula is C16H21FN4O. The van der Waals surface area contributed by atoms with Gasteiger partial charge in [-0.15, -0.1) is 0 Å². The summed E-state index contributed by atoms with van der Waals surface area (Å²) in [6.45, 7) is 7.42. The highest BCUT2D eigenvalue weighted by atomic mass is 19.1. The van der Waals surface area contributed by atoms with E-state index in [1.54, 1.807) is 12.1 Å². The van der Waals surface area contributed by atoms with E-state index >= 15 is 0 Å². The second kappa shape index (κ2) is 5.94. The quantitative estimate of drug-likeness (QED) is 0.883. The third kappa shape index (κ3) is 2.65. The fourth-order valence-electron chi connectivity index (χ4n) is 2.76. The molecule has 118 valence electrons. The van der Waals surface area contributed by atoms with Gasteiger partial charge in [-0.3, -0.25) is 0 Å². The van der Waals surface area contributed by atoms with Gasteiger partial charge in [-0.1, -0.05) is 0 Å². The van der Waals surface area contributed by atoms with Crippen molar-refractivity contribution in [2.45, 2.75) is 46.3 Å². The van der Waals surface area contributed by atoms with Crippen LogP contribution in [0.15, 0.2) is 12.1 Å². The molecule has 2 aromatic rings.